The lowest BCUT2D eigenvalue weighted by Crippen LogP contribution is -2.50. The molecular weight excluding hydrogens is 376 g/mol. The fourth-order valence-corrected chi connectivity index (χ4v) is 5.30. The van der Waals surface area contributed by atoms with Gasteiger partial charge in [-0.3, -0.25) is 14.5 Å². The Morgan fingerprint density at radius 3 is 2.63 bits per heavy atom. The van der Waals surface area contributed by atoms with E-state index in [1.807, 2.05) is 49.4 Å². The number of ether oxygens (including phenoxy) is 1. The molecule has 5 rings (SSSR count). The summed E-state index contributed by atoms with van der Waals surface area (Å²) >= 11 is 0. The number of benzene rings is 2. The molecule has 2 aromatic carbocycles. The molecule has 0 saturated carbocycles. The van der Waals surface area contributed by atoms with Crippen LogP contribution < -0.4 is 0 Å². The molecular formula is C25H26N2O3. The summed E-state index contributed by atoms with van der Waals surface area (Å²) in [6.07, 6.45) is 2.87. The fraction of sp³-hybridized carbons (Fsp3) is 0.360. The number of aromatic amines is 1. The van der Waals surface area contributed by atoms with Gasteiger partial charge in [0.15, 0.2) is 5.78 Å². The van der Waals surface area contributed by atoms with Gasteiger partial charge < -0.3 is 9.72 Å². The van der Waals surface area contributed by atoms with Crippen molar-refractivity contribution < 1.29 is 14.3 Å². The number of hydrogen-bond acceptors (Lipinski definition) is 4. The maximum atomic E-state index is 13.0. The summed E-state index contributed by atoms with van der Waals surface area (Å²) < 4.78 is 5.46. The number of H-pyrrole nitrogens is 1. The van der Waals surface area contributed by atoms with Crippen molar-refractivity contribution in [3.05, 3.63) is 71.4 Å². The highest BCUT2D eigenvalue weighted by Crippen LogP contribution is 2.46. The van der Waals surface area contributed by atoms with E-state index in [-0.39, 0.29) is 29.9 Å². The molecule has 5 heteroatoms. The molecule has 154 valence electrons. The van der Waals surface area contributed by atoms with Gasteiger partial charge in [-0.1, -0.05) is 48.5 Å². The van der Waals surface area contributed by atoms with E-state index >= 15 is 0 Å². The average molecular weight is 402 g/mol. The number of fused-ring (bicyclic) bond motifs is 5. The van der Waals surface area contributed by atoms with Crippen LogP contribution in [0.3, 0.4) is 0 Å². The first kappa shape index (κ1) is 19.1. The molecule has 3 heterocycles. The Hall–Kier alpha value is -2.92. The molecule has 2 aliphatic heterocycles. The number of hydrogen-bond donors (Lipinski definition) is 1. The Morgan fingerprint density at radius 2 is 1.83 bits per heavy atom. The second kappa shape index (κ2) is 7.73. The summed E-state index contributed by atoms with van der Waals surface area (Å²) in [5, 5.41) is 1.19. The van der Waals surface area contributed by atoms with Crippen LogP contribution >= 0.6 is 0 Å². The van der Waals surface area contributed by atoms with Crippen molar-refractivity contribution in [1.29, 1.82) is 0 Å². The molecule has 0 spiro atoms. The van der Waals surface area contributed by atoms with Crippen LogP contribution in [0.15, 0.2) is 54.6 Å². The molecule has 1 saturated heterocycles. The highest BCUT2D eigenvalue weighted by atomic mass is 16.5. The third kappa shape index (κ3) is 3.14. The summed E-state index contributed by atoms with van der Waals surface area (Å²) in [5.74, 6) is -0.0520. The molecule has 0 bridgehead atoms. The first-order valence-corrected chi connectivity index (χ1v) is 10.8. The molecule has 0 amide bonds. The van der Waals surface area contributed by atoms with Crippen LogP contribution in [0.1, 0.15) is 53.8 Å². The molecule has 0 aliphatic carbocycles. The largest absolute Gasteiger partial charge is 0.465 e. The first-order valence-electron chi connectivity index (χ1n) is 10.8. The Kier molecular flexibility index (Phi) is 4.91. The highest BCUT2D eigenvalue weighted by Gasteiger charge is 2.47. The molecule has 3 unspecified atom stereocenters. The molecule has 3 aromatic rings. The Labute approximate surface area is 176 Å². The van der Waals surface area contributed by atoms with Crippen molar-refractivity contribution in [2.45, 2.75) is 50.7 Å². The molecule has 2 aliphatic rings. The van der Waals surface area contributed by atoms with Crippen LogP contribution in [0.2, 0.25) is 0 Å². The minimum absolute atomic E-state index is 0.0386. The molecule has 5 nitrogen and oxygen atoms in total. The van der Waals surface area contributed by atoms with E-state index in [0.717, 1.165) is 23.9 Å². The minimum Gasteiger partial charge on any atom is -0.465 e. The van der Waals surface area contributed by atoms with Gasteiger partial charge in [0.2, 0.25) is 0 Å². The second-order valence-electron chi connectivity index (χ2n) is 8.22. The summed E-state index contributed by atoms with van der Waals surface area (Å²) in [5.41, 5.74) is 4.26. The molecule has 1 N–H and O–H groups in total. The van der Waals surface area contributed by atoms with E-state index in [2.05, 4.69) is 22.0 Å². The van der Waals surface area contributed by atoms with Gasteiger partial charge in [0.1, 0.15) is 6.04 Å². The van der Waals surface area contributed by atoms with E-state index in [1.165, 1.54) is 16.6 Å². The van der Waals surface area contributed by atoms with Crippen LogP contribution in [0.25, 0.3) is 10.9 Å². The van der Waals surface area contributed by atoms with Gasteiger partial charge in [0, 0.05) is 41.0 Å². The Balaban J connectivity index is 1.50. The number of ketones is 1. The predicted octanol–water partition coefficient (Wildman–Crippen LogP) is 4.43. The lowest BCUT2D eigenvalue weighted by molar-refractivity contribution is -0.151. The van der Waals surface area contributed by atoms with E-state index < -0.39 is 0 Å². The second-order valence-corrected chi connectivity index (χ2v) is 8.22. The summed E-state index contributed by atoms with van der Waals surface area (Å²) in [6, 6.07) is 17.5. The fourth-order valence-electron chi connectivity index (χ4n) is 5.30. The molecule has 1 fully saturated rings. The molecule has 30 heavy (non-hydrogen) atoms. The summed E-state index contributed by atoms with van der Waals surface area (Å²) in [4.78, 5) is 31.7. The first-order chi connectivity index (χ1) is 14.7. The number of nitrogens with zero attached hydrogens (tertiary/aromatic N) is 1. The van der Waals surface area contributed by atoms with Crippen molar-refractivity contribution >= 4 is 22.7 Å². The molecule has 3 atom stereocenters. The maximum Gasteiger partial charge on any atom is 0.323 e. The van der Waals surface area contributed by atoms with E-state index in [1.54, 1.807) is 0 Å². The predicted molar refractivity (Wildman–Crippen MR) is 115 cm³/mol. The minimum atomic E-state index is -0.349. The molecule has 1 aromatic heterocycles. The monoisotopic (exact) mass is 402 g/mol. The van der Waals surface area contributed by atoms with Crippen LogP contribution in [0.5, 0.6) is 0 Å². The van der Waals surface area contributed by atoms with Crippen LogP contribution in [0, 0.1) is 0 Å². The van der Waals surface area contributed by atoms with Gasteiger partial charge in [-0.25, -0.2) is 0 Å². The van der Waals surface area contributed by atoms with Crippen LogP contribution in [-0.4, -0.2) is 40.3 Å². The van der Waals surface area contributed by atoms with E-state index in [9.17, 15) is 9.59 Å². The van der Waals surface area contributed by atoms with Gasteiger partial charge >= 0.3 is 5.97 Å². The summed E-state index contributed by atoms with van der Waals surface area (Å²) in [6.45, 7) is 2.21. The number of aromatic nitrogens is 1. The normalized spacial score (nSPS) is 23.2. The van der Waals surface area contributed by atoms with Crippen LogP contribution in [-0.2, 0) is 16.0 Å². The van der Waals surface area contributed by atoms with Crippen molar-refractivity contribution in [2.24, 2.45) is 0 Å². The number of esters is 1. The maximum absolute atomic E-state index is 13.0. The zero-order chi connectivity index (χ0) is 20.7. The smallest absolute Gasteiger partial charge is 0.323 e. The van der Waals surface area contributed by atoms with Gasteiger partial charge in [0.25, 0.3) is 0 Å². The van der Waals surface area contributed by atoms with E-state index in [0.29, 0.717) is 19.4 Å². The lowest BCUT2D eigenvalue weighted by Gasteiger charge is -2.39. The number of para-hydroxylation sites is 1. The Bertz CT molecular complexity index is 1090. The van der Waals surface area contributed by atoms with Gasteiger partial charge in [-0.2, -0.15) is 0 Å². The number of nitrogens with one attached hydrogen (secondary N) is 1. The number of carbonyl (C=O) groups is 2. The third-order valence-corrected chi connectivity index (χ3v) is 6.57. The zero-order valence-electron chi connectivity index (χ0n) is 17.1. The number of rotatable bonds is 5. The van der Waals surface area contributed by atoms with Gasteiger partial charge in [-0.15, -0.1) is 0 Å². The topological polar surface area (TPSA) is 62.4 Å². The third-order valence-electron chi connectivity index (χ3n) is 6.57. The lowest BCUT2D eigenvalue weighted by atomic mass is 9.91. The van der Waals surface area contributed by atoms with Gasteiger partial charge in [0.05, 0.1) is 12.6 Å². The number of carbonyl (C=O) groups excluding carboxylic acids is 2. The van der Waals surface area contributed by atoms with E-state index in [4.69, 9.17) is 4.74 Å². The highest BCUT2D eigenvalue weighted by molar-refractivity contribution is 5.96. The Morgan fingerprint density at radius 1 is 1.07 bits per heavy atom. The number of Topliss-reactive ketones (excluding diaryl/α,β-unsaturated/α-hetero) is 1. The SMILES string of the molecule is CCOC(=O)C1Cc2c([nH]c3ccccc23)C2CCC(CC(=O)c3ccccc3)N12. The zero-order valence-corrected chi connectivity index (χ0v) is 17.1. The average Bonchev–Trinajstić information content (AvgIpc) is 3.35. The van der Waals surface area contributed by atoms with Gasteiger partial charge in [-0.05, 0) is 31.4 Å². The van der Waals surface area contributed by atoms with Crippen molar-refractivity contribution in [3.63, 3.8) is 0 Å². The van der Waals surface area contributed by atoms with Crippen molar-refractivity contribution in [3.8, 4) is 0 Å². The van der Waals surface area contributed by atoms with Crippen molar-refractivity contribution in [1.82, 2.24) is 9.88 Å². The summed E-state index contributed by atoms with van der Waals surface area (Å²) in [7, 11) is 0. The van der Waals surface area contributed by atoms with Crippen molar-refractivity contribution in [2.75, 3.05) is 6.61 Å². The standard InChI is InChI=1S/C25H26N2O3/c1-2-30-25(29)22-15-19-18-10-6-7-11-20(18)26-24(19)21-13-12-17(27(21)22)14-23(28)16-8-4-3-5-9-16/h3-11,17,21-22,26H,2,12-15H2,1H3. The van der Waals surface area contributed by atoms with Crippen LogP contribution in [0.4, 0.5) is 0 Å². The quantitative estimate of drug-likeness (QED) is 0.506. The molecule has 0 radical (unpaired) electrons.